The zero-order valence-electron chi connectivity index (χ0n) is 8.27. The van der Waals surface area contributed by atoms with Crippen LogP contribution in [0.4, 0.5) is 4.39 Å². The maximum atomic E-state index is 13.2. The van der Waals surface area contributed by atoms with Gasteiger partial charge in [-0.25, -0.2) is 4.39 Å². The van der Waals surface area contributed by atoms with Crippen molar-refractivity contribution in [3.05, 3.63) is 58.8 Å². The Morgan fingerprint density at radius 3 is 2.40 bits per heavy atom. The van der Waals surface area contributed by atoms with Crippen LogP contribution in [0.1, 0.15) is 0 Å². The first kappa shape index (κ1) is 9.65. The van der Waals surface area contributed by atoms with Gasteiger partial charge in [0.05, 0.1) is 0 Å². The smallest absolute Gasteiger partial charge is 0.286 e. The molecule has 0 aliphatic heterocycles. The van der Waals surface area contributed by atoms with Crippen molar-refractivity contribution in [2.24, 2.45) is 7.05 Å². The molecule has 0 aliphatic rings. The molecule has 0 aliphatic carbocycles. The number of halogens is 1. The van der Waals surface area contributed by atoms with Crippen LogP contribution in [-0.2, 0) is 7.05 Å². The molecule has 0 amide bonds. The summed E-state index contributed by atoms with van der Waals surface area (Å²) in [4.78, 5) is 11.1. The minimum atomic E-state index is -0.723. The zero-order chi connectivity index (χ0) is 10.8. The quantitative estimate of drug-likeness (QED) is 0.696. The van der Waals surface area contributed by atoms with Crippen LogP contribution in [0.3, 0.4) is 0 Å². The summed E-state index contributed by atoms with van der Waals surface area (Å²) in [7, 11) is 1.54. The lowest BCUT2D eigenvalue weighted by Gasteiger charge is -2.04. The van der Waals surface area contributed by atoms with Crippen LogP contribution in [0.5, 0.6) is 0 Å². The summed E-state index contributed by atoms with van der Waals surface area (Å²) in [6.45, 7) is 0. The fourth-order valence-corrected chi connectivity index (χ4v) is 1.46. The first-order valence-electron chi connectivity index (χ1n) is 4.60. The predicted octanol–water partition coefficient (Wildman–Crippen LogP) is 2.19. The Morgan fingerprint density at radius 2 is 1.80 bits per heavy atom. The van der Waals surface area contributed by atoms with Crippen molar-refractivity contribution in [1.29, 1.82) is 0 Å². The van der Waals surface area contributed by atoms with Gasteiger partial charge in [-0.05, 0) is 11.6 Å². The number of nitrogens with zero attached hydrogens (tertiary/aromatic N) is 1. The molecule has 15 heavy (non-hydrogen) atoms. The molecule has 1 aromatic heterocycles. The van der Waals surface area contributed by atoms with Gasteiger partial charge in [-0.2, -0.15) is 0 Å². The number of rotatable bonds is 1. The van der Waals surface area contributed by atoms with E-state index in [0.29, 0.717) is 5.56 Å². The van der Waals surface area contributed by atoms with Crippen molar-refractivity contribution in [2.45, 2.75) is 0 Å². The molecule has 2 aromatic rings. The Bertz CT molecular complexity index is 505. The minimum absolute atomic E-state index is 0.602. The lowest BCUT2D eigenvalue weighted by atomic mass is 10.1. The number of hydrogen-bond acceptors (Lipinski definition) is 1. The van der Waals surface area contributed by atoms with E-state index in [1.807, 2.05) is 30.3 Å². The molecule has 3 heteroatoms. The van der Waals surface area contributed by atoms with Gasteiger partial charge in [0.25, 0.3) is 5.56 Å². The van der Waals surface area contributed by atoms with Crippen molar-refractivity contribution >= 4 is 0 Å². The van der Waals surface area contributed by atoms with Gasteiger partial charge in [0, 0.05) is 18.8 Å². The summed E-state index contributed by atoms with van der Waals surface area (Å²) in [5.74, 6) is -0.723. The van der Waals surface area contributed by atoms with Crippen molar-refractivity contribution in [3.63, 3.8) is 0 Å². The lowest BCUT2D eigenvalue weighted by Crippen LogP contribution is -2.19. The SMILES string of the molecule is Cn1cc(-c2ccccc2)cc(F)c1=O. The molecule has 0 radical (unpaired) electrons. The van der Waals surface area contributed by atoms with E-state index < -0.39 is 11.4 Å². The molecule has 0 atom stereocenters. The van der Waals surface area contributed by atoms with Gasteiger partial charge >= 0.3 is 0 Å². The molecule has 0 bridgehead atoms. The standard InChI is InChI=1S/C12H10FNO/c1-14-8-10(7-11(13)12(14)15)9-5-3-2-4-6-9/h2-8H,1H3. The highest BCUT2D eigenvalue weighted by Crippen LogP contribution is 2.17. The average molecular weight is 203 g/mol. The third-order valence-corrected chi connectivity index (χ3v) is 2.25. The third kappa shape index (κ3) is 1.81. The number of aromatic nitrogens is 1. The molecule has 0 fully saturated rings. The summed E-state index contributed by atoms with van der Waals surface area (Å²) in [6.07, 6.45) is 1.63. The fraction of sp³-hybridized carbons (Fsp3) is 0.0833. The van der Waals surface area contributed by atoms with E-state index in [9.17, 15) is 9.18 Å². The molecule has 0 saturated heterocycles. The molecule has 0 saturated carbocycles. The van der Waals surface area contributed by atoms with E-state index in [4.69, 9.17) is 0 Å². The van der Waals surface area contributed by atoms with Crippen molar-refractivity contribution in [1.82, 2.24) is 4.57 Å². The molecule has 0 N–H and O–H groups in total. The molecule has 76 valence electrons. The summed E-state index contributed by atoms with van der Waals surface area (Å²) >= 11 is 0. The van der Waals surface area contributed by atoms with E-state index in [2.05, 4.69) is 0 Å². The lowest BCUT2D eigenvalue weighted by molar-refractivity contribution is 0.591. The van der Waals surface area contributed by atoms with Crippen LogP contribution in [0.15, 0.2) is 47.4 Å². The van der Waals surface area contributed by atoms with Crippen molar-refractivity contribution in [2.75, 3.05) is 0 Å². The zero-order valence-corrected chi connectivity index (χ0v) is 8.27. The van der Waals surface area contributed by atoms with Gasteiger partial charge in [0.15, 0.2) is 5.82 Å². The maximum absolute atomic E-state index is 13.2. The average Bonchev–Trinajstić information content (AvgIpc) is 2.26. The number of pyridine rings is 1. The summed E-state index contributed by atoms with van der Waals surface area (Å²) in [5.41, 5.74) is 0.997. The molecular weight excluding hydrogens is 193 g/mol. The fourth-order valence-electron chi connectivity index (χ4n) is 1.46. The van der Waals surface area contributed by atoms with E-state index in [1.165, 1.54) is 17.7 Å². The largest absolute Gasteiger partial charge is 0.315 e. The second kappa shape index (κ2) is 3.69. The van der Waals surface area contributed by atoms with Crippen LogP contribution in [0.2, 0.25) is 0 Å². The Morgan fingerprint density at radius 1 is 1.13 bits per heavy atom. The maximum Gasteiger partial charge on any atom is 0.286 e. The predicted molar refractivity (Wildman–Crippen MR) is 57.1 cm³/mol. The summed E-state index contributed by atoms with van der Waals surface area (Å²) in [6, 6.07) is 10.6. The molecule has 0 spiro atoms. The Labute approximate surface area is 86.6 Å². The molecule has 1 heterocycles. The van der Waals surface area contributed by atoms with E-state index in [0.717, 1.165) is 5.56 Å². The van der Waals surface area contributed by atoms with Crippen LogP contribution in [0, 0.1) is 5.82 Å². The number of aryl methyl sites for hydroxylation is 1. The Balaban J connectivity index is 2.61. The Kier molecular flexibility index (Phi) is 2.37. The third-order valence-electron chi connectivity index (χ3n) is 2.25. The molecular formula is C12H10FNO. The van der Waals surface area contributed by atoms with Gasteiger partial charge in [-0.1, -0.05) is 30.3 Å². The van der Waals surface area contributed by atoms with Gasteiger partial charge in [0.1, 0.15) is 0 Å². The van der Waals surface area contributed by atoms with E-state index >= 15 is 0 Å². The summed E-state index contributed by atoms with van der Waals surface area (Å²) < 4.78 is 14.4. The van der Waals surface area contributed by atoms with Gasteiger partial charge in [0.2, 0.25) is 0 Å². The van der Waals surface area contributed by atoms with E-state index in [1.54, 1.807) is 6.20 Å². The molecule has 1 aromatic carbocycles. The number of hydrogen-bond donors (Lipinski definition) is 0. The van der Waals surface area contributed by atoms with Crippen molar-refractivity contribution < 1.29 is 4.39 Å². The van der Waals surface area contributed by atoms with Crippen LogP contribution in [-0.4, -0.2) is 4.57 Å². The van der Waals surface area contributed by atoms with Crippen LogP contribution < -0.4 is 5.56 Å². The van der Waals surface area contributed by atoms with Crippen LogP contribution >= 0.6 is 0 Å². The van der Waals surface area contributed by atoms with Crippen molar-refractivity contribution in [3.8, 4) is 11.1 Å². The second-order valence-electron chi connectivity index (χ2n) is 3.36. The highest BCUT2D eigenvalue weighted by atomic mass is 19.1. The van der Waals surface area contributed by atoms with Crippen LogP contribution in [0.25, 0.3) is 11.1 Å². The molecule has 2 rings (SSSR count). The number of benzene rings is 1. The van der Waals surface area contributed by atoms with Gasteiger partial charge in [-0.3, -0.25) is 4.79 Å². The minimum Gasteiger partial charge on any atom is -0.315 e. The highest BCUT2D eigenvalue weighted by Gasteiger charge is 2.04. The first-order chi connectivity index (χ1) is 7.18. The van der Waals surface area contributed by atoms with Gasteiger partial charge < -0.3 is 4.57 Å². The normalized spacial score (nSPS) is 10.3. The molecule has 0 unspecified atom stereocenters. The first-order valence-corrected chi connectivity index (χ1v) is 4.60. The molecule has 2 nitrogen and oxygen atoms in total. The van der Waals surface area contributed by atoms with E-state index in [-0.39, 0.29) is 0 Å². The topological polar surface area (TPSA) is 22.0 Å². The summed E-state index contributed by atoms with van der Waals surface area (Å²) in [5, 5.41) is 0. The highest BCUT2D eigenvalue weighted by molar-refractivity contribution is 5.62. The monoisotopic (exact) mass is 203 g/mol. The second-order valence-corrected chi connectivity index (χ2v) is 3.36. The van der Waals surface area contributed by atoms with Gasteiger partial charge in [-0.15, -0.1) is 0 Å². The Hall–Kier alpha value is -1.90.